The van der Waals surface area contributed by atoms with E-state index in [-0.39, 0.29) is 5.91 Å². The number of aromatic nitrogens is 1. The van der Waals surface area contributed by atoms with Crippen LogP contribution in [0.5, 0.6) is 0 Å². The van der Waals surface area contributed by atoms with Gasteiger partial charge in [0.25, 0.3) is 5.91 Å². The Labute approximate surface area is 173 Å². The minimum absolute atomic E-state index is 0.276. The molecule has 4 nitrogen and oxygen atoms in total. The van der Waals surface area contributed by atoms with Gasteiger partial charge < -0.3 is 4.98 Å². The molecule has 0 saturated heterocycles. The van der Waals surface area contributed by atoms with Gasteiger partial charge in [-0.3, -0.25) is 4.79 Å². The normalized spacial score (nSPS) is 11.3. The van der Waals surface area contributed by atoms with Crippen LogP contribution in [-0.4, -0.2) is 17.1 Å². The second-order valence-electron chi connectivity index (χ2n) is 7.05. The van der Waals surface area contributed by atoms with Crippen molar-refractivity contribution in [2.24, 2.45) is 5.10 Å². The van der Waals surface area contributed by atoms with Gasteiger partial charge in [-0.15, -0.1) is 0 Å². The average Bonchev–Trinajstić information content (AvgIpc) is 3.19. The summed E-state index contributed by atoms with van der Waals surface area (Å²) in [6.45, 7) is 0. The number of nitrogens with zero attached hydrogens (tertiary/aromatic N) is 1. The molecule has 0 fully saturated rings. The fourth-order valence-corrected chi connectivity index (χ4v) is 3.80. The molecule has 0 aliphatic carbocycles. The van der Waals surface area contributed by atoms with E-state index < -0.39 is 0 Å². The monoisotopic (exact) mass is 389 g/mol. The third kappa shape index (κ3) is 3.25. The minimum Gasteiger partial charge on any atom is -0.350 e. The average molecular weight is 389 g/mol. The first-order valence-corrected chi connectivity index (χ1v) is 9.78. The van der Waals surface area contributed by atoms with Crippen LogP contribution in [0.3, 0.4) is 0 Å². The van der Waals surface area contributed by atoms with E-state index in [1.54, 1.807) is 6.21 Å². The molecule has 5 rings (SSSR count). The zero-order chi connectivity index (χ0) is 20.3. The summed E-state index contributed by atoms with van der Waals surface area (Å²) in [4.78, 5) is 16.3. The Morgan fingerprint density at radius 1 is 0.767 bits per heavy atom. The van der Waals surface area contributed by atoms with E-state index in [2.05, 4.69) is 27.6 Å². The Morgan fingerprint density at radius 3 is 2.33 bits per heavy atom. The van der Waals surface area contributed by atoms with Crippen molar-refractivity contribution in [2.75, 3.05) is 0 Å². The number of para-hydroxylation sites is 1. The van der Waals surface area contributed by atoms with Crippen LogP contribution in [0.2, 0.25) is 0 Å². The molecule has 0 spiro atoms. The lowest BCUT2D eigenvalue weighted by Gasteiger charge is -2.05. The van der Waals surface area contributed by atoms with Crippen molar-refractivity contribution < 1.29 is 4.79 Å². The molecule has 30 heavy (non-hydrogen) atoms. The zero-order valence-corrected chi connectivity index (χ0v) is 16.2. The topological polar surface area (TPSA) is 57.2 Å². The predicted molar refractivity (Wildman–Crippen MR) is 123 cm³/mol. The molecule has 0 bridgehead atoms. The van der Waals surface area contributed by atoms with E-state index in [9.17, 15) is 4.79 Å². The van der Waals surface area contributed by atoms with Crippen LogP contribution in [0.15, 0.2) is 102 Å². The minimum atomic E-state index is -0.276. The largest absolute Gasteiger partial charge is 0.350 e. The second-order valence-corrected chi connectivity index (χ2v) is 7.05. The van der Waals surface area contributed by atoms with E-state index >= 15 is 0 Å². The fourth-order valence-electron chi connectivity index (χ4n) is 3.80. The standard InChI is InChI=1S/C26H19N3O/c30-26(29-27-17-20-13-8-12-18-9-4-5-14-21(18)20)25-24(19-10-2-1-3-11-19)22-15-6-7-16-23(22)28-25/h1-17,28H,(H,29,30). The maximum atomic E-state index is 13.0. The number of rotatable bonds is 4. The Morgan fingerprint density at radius 2 is 1.47 bits per heavy atom. The Kier molecular flexibility index (Phi) is 4.58. The number of nitrogens with one attached hydrogen (secondary N) is 2. The Balaban J connectivity index is 1.49. The molecule has 1 amide bonds. The van der Waals surface area contributed by atoms with Crippen molar-refractivity contribution in [1.82, 2.24) is 10.4 Å². The van der Waals surface area contributed by atoms with Crippen molar-refractivity contribution in [2.45, 2.75) is 0 Å². The summed E-state index contributed by atoms with van der Waals surface area (Å²) >= 11 is 0. The van der Waals surface area contributed by atoms with Gasteiger partial charge in [-0.25, -0.2) is 5.43 Å². The number of benzene rings is 4. The molecule has 0 saturated carbocycles. The van der Waals surface area contributed by atoms with Crippen LogP contribution in [0.1, 0.15) is 16.1 Å². The highest BCUT2D eigenvalue weighted by Crippen LogP contribution is 2.32. The smallest absolute Gasteiger partial charge is 0.288 e. The van der Waals surface area contributed by atoms with Crippen molar-refractivity contribution in [3.05, 3.63) is 108 Å². The first-order chi connectivity index (χ1) is 14.8. The quantitative estimate of drug-likeness (QED) is 0.298. The first kappa shape index (κ1) is 17.9. The molecule has 1 heterocycles. The summed E-state index contributed by atoms with van der Waals surface area (Å²) < 4.78 is 0. The molecular weight excluding hydrogens is 370 g/mol. The van der Waals surface area contributed by atoms with E-state index in [1.807, 2.05) is 84.9 Å². The lowest BCUT2D eigenvalue weighted by Crippen LogP contribution is -2.18. The number of hydrazone groups is 1. The SMILES string of the molecule is O=C(NN=Cc1cccc2ccccc12)c1[nH]c2ccccc2c1-c1ccccc1. The zero-order valence-electron chi connectivity index (χ0n) is 16.2. The van der Waals surface area contributed by atoms with Gasteiger partial charge in [0, 0.05) is 22.0 Å². The summed E-state index contributed by atoms with van der Waals surface area (Å²) in [7, 11) is 0. The number of H-pyrrole nitrogens is 1. The first-order valence-electron chi connectivity index (χ1n) is 9.78. The highest BCUT2D eigenvalue weighted by molar-refractivity contribution is 6.10. The molecule has 5 aromatic rings. The lowest BCUT2D eigenvalue weighted by molar-refractivity contribution is 0.0951. The van der Waals surface area contributed by atoms with Crippen LogP contribution in [0, 0.1) is 0 Å². The number of fused-ring (bicyclic) bond motifs is 2. The molecule has 0 radical (unpaired) electrons. The van der Waals surface area contributed by atoms with Crippen LogP contribution >= 0.6 is 0 Å². The summed E-state index contributed by atoms with van der Waals surface area (Å²) in [5.74, 6) is -0.276. The van der Waals surface area contributed by atoms with Gasteiger partial charge in [0.2, 0.25) is 0 Å². The van der Waals surface area contributed by atoms with Crippen LogP contribution in [0.4, 0.5) is 0 Å². The van der Waals surface area contributed by atoms with E-state index in [0.29, 0.717) is 5.69 Å². The van der Waals surface area contributed by atoms with Gasteiger partial charge in [-0.1, -0.05) is 91.0 Å². The van der Waals surface area contributed by atoms with Crippen molar-refractivity contribution in [3.8, 4) is 11.1 Å². The lowest BCUT2D eigenvalue weighted by atomic mass is 10.0. The maximum Gasteiger partial charge on any atom is 0.288 e. The van der Waals surface area contributed by atoms with Gasteiger partial charge in [0.15, 0.2) is 0 Å². The van der Waals surface area contributed by atoms with Crippen LogP contribution in [-0.2, 0) is 0 Å². The fraction of sp³-hybridized carbons (Fsp3) is 0. The highest BCUT2D eigenvalue weighted by Gasteiger charge is 2.18. The number of amides is 1. The second kappa shape index (κ2) is 7.68. The van der Waals surface area contributed by atoms with Gasteiger partial charge >= 0.3 is 0 Å². The molecule has 0 unspecified atom stereocenters. The van der Waals surface area contributed by atoms with Gasteiger partial charge in [0.05, 0.1) is 6.21 Å². The van der Waals surface area contributed by atoms with Gasteiger partial charge in [0.1, 0.15) is 5.69 Å². The number of carbonyl (C=O) groups is 1. The predicted octanol–water partition coefficient (Wildman–Crippen LogP) is 5.75. The summed E-state index contributed by atoms with van der Waals surface area (Å²) in [6.07, 6.45) is 1.69. The van der Waals surface area contributed by atoms with Crippen LogP contribution in [0.25, 0.3) is 32.8 Å². The highest BCUT2D eigenvalue weighted by atomic mass is 16.2. The third-order valence-electron chi connectivity index (χ3n) is 5.19. The molecule has 4 heteroatoms. The van der Waals surface area contributed by atoms with Gasteiger partial charge in [-0.2, -0.15) is 5.10 Å². The molecular formula is C26H19N3O. The molecule has 0 aliphatic rings. The molecule has 0 aliphatic heterocycles. The number of hydrogen-bond acceptors (Lipinski definition) is 2. The molecule has 1 aromatic heterocycles. The summed E-state index contributed by atoms with van der Waals surface area (Å²) in [6, 6.07) is 32.0. The number of hydrogen-bond donors (Lipinski definition) is 2. The van der Waals surface area contributed by atoms with E-state index in [4.69, 9.17) is 0 Å². The van der Waals surface area contributed by atoms with E-state index in [1.165, 1.54) is 0 Å². The molecule has 4 aromatic carbocycles. The Bertz CT molecular complexity index is 1380. The van der Waals surface area contributed by atoms with Crippen LogP contribution < -0.4 is 5.43 Å². The number of carbonyl (C=O) groups excluding carboxylic acids is 1. The van der Waals surface area contributed by atoms with Gasteiger partial charge in [-0.05, 0) is 22.4 Å². The molecule has 2 N–H and O–H groups in total. The Hall–Kier alpha value is -4.18. The van der Waals surface area contributed by atoms with Crippen molar-refractivity contribution >= 4 is 33.8 Å². The summed E-state index contributed by atoms with van der Waals surface area (Å²) in [5.41, 5.74) is 6.91. The molecule has 144 valence electrons. The number of aromatic amines is 1. The van der Waals surface area contributed by atoms with E-state index in [0.717, 1.165) is 38.4 Å². The third-order valence-corrected chi connectivity index (χ3v) is 5.19. The van der Waals surface area contributed by atoms with Crippen molar-refractivity contribution in [3.63, 3.8) is 0 Å². The maximum absolute atomic E-state index is 13.0. The van der Waals surface area contributed by atoms with Crippen molar-refractivity contribution in [1.29, 1.82) is 0 Å². The molecule has 0 atom stereocenters. The summed E-state index contributed by atoms with van der Waals surface area (Å²) in [5, 5.41) is 7.46.